The minimum absolute atomic E-state index is 0.145. The van der Waals surface area contributed by atoms with Gasteiger partial charge in [-0.2, -0.15) is 0 Å². The van der Waals surface area contributed by atoms with Crippen molar-refractivity contribution in [2.75, 3.05) is 26.7 Å². The lowest BCUT2D eigenvalue weighted by Crippen LogP contribution is -2.47. The van der Waals surface area contributed by atoms with E-state index in [-0.39, 0.29) is 6.10 Å². The Morgan fingerprint density at radius 3 is 2.63 bits per heavy atom. The summed E-state index contributed by atoms with van der Waals surface area (Å²) in [5.41, 5.74) is 0. The first kappa shape index (κ1) is 15.3. The molecule has 0 amide bonds. The van der Waals surface area contributed by atoms with Crippen molar-refractivity contribution in [1.82, 2.24) is 10.2 Å². The molecule has 0 aromatic heterocycles. The summed E-state index contributed by atoms with van der Waals surface area (Å²) in [4.78, 5) is 2.58. The molecule has 2 fully saturated rings. The number of hydrogen-bond acceptors (Lipinski definition) is 3. The average molecular weight is 268 g/mol. The second-order valence-corrected chi connectivity index (χ2v) is 7.16. The van der Waals surface area contributed by atoms with Crippen LogP contribution >= 0.6 is 0 Å². The topological polar surface area (TPSA) is 35.5 Å². The van der Waals surface area contributed by atoms with E-state index < -0.39 is 0 Å². The fourth-order valence-corrected chi connectivity index (χ4v) is 4.27. The molecule has 1 aliphatic heterocycles. The van der Waals surface area contributed by atoms with E-state index in [9.17, 15) is 5.11 Å². The van der Waals surface area contributed by atoms with Gasteiger partial charge in [-0.05, 0) is 63.5 Å². The average Bonchev–Trinajstić information content (AvgIpc) is 2.81. The van der Waals surface area contributed by atoms with Crippen LogP contribution in [0.2, 0.25) is 0 Å². The van der Waals surface area contributed by atoms with E-state index in [1.807, 2.05) is 6.92 Å². The lowest BCUT2D eigenvalue weighted by Gasteiger charge is -2.41. The summed E-state index contributed by atoms with van der Waals surface area (Å²) < 4.78 is 0. The first-order valence-corrected chi connectivity index (χ1v) is 8.09. The van der Waals surface area contributed by atoms with Gasteiger partial charge in [0, 0.05) is 19.1 Å². The summed E-state index contributed by atoms with van der Waals surface area (Å²) in [5.74, 6) is 2.93. The number of nitrogens with one attached hydrogen (secondary N) is 1. The van der Waals surface area contributed by atoms with E-state index in [1.54, 1.807) is 0 Å². The van der Waals surface area contributed by atoms with Crippen molar-refractivity contribution >= 4 is 0 Å². The molecule has 0 aromatic rings. The van der Waals surface area contributed by atoms with Gasteiger partial charge in [0.05, 0.1) is 6.10 Å². The molecule has 3 heteroatoms. The Morgan fingerprint density at radius 1 is 1.32 bits per heavy atom. The number of nitrogens with zero attached hydrogens (tertiary/aromatic N) is 1. The third-order valence-corrected chi connectivity index (χ3v) is 5.51. The maximum Gasteiger partial charge on any atom is 0.0552 e. The number of aliphatic hydroxyl groups is 1. The lowest BCUT2D eigenvalue weighted by atomic mass is 9.72. The Hall–Kier alpha value is -0.120. The zero-order valence-corrected chi connectivity index (χ0v) is 13.1. The Bertz CT molecular complexity index is 282. The van der Waals surface area contributed by atoms with Gasteiger partial charge in [-0.3, -0.25) is 0 Å². The van der Waals surface area contributed by atoms with Gasteiger partial charge in [0.25, 0.3) is 0 Å². The van der Waals surface area contributed by atoms with Crippen LogP contribution in [0.15, 0.2) is 0 Å². The van der Waals surface area contributed by atoms with E-state index >= 15 is 0 Å². The monoisotopic (exact) mass is 268 g/mol. The van der Waals surface area contributed by atoms with Crippen LogP contribution in [0.5, 0.6) is 0 Å². The van der Waals surface area contributed by atoms with Gasteiger partial charge < -0.3 is 15.3 Å². The summed E-state index contributed by atoms with van der Waals surface area (Å²) in [6.45, 7) is 10.2. The van der Waals surface area contributed by atoms with Gasteiger partial charge >= 0.3 is 0 Å². The highest BCUT2D eigenvalue weighted by molar-refractivity contribution is 4.90. The molecule has 0 spiro atoms. The van der Waals surface area contributed by atoms with Crippen molar-refractivity contribution in [3.8, 4) is 0 Å². The van der Waals surface area contributed by atoms with Crippen molar-refractivity contribution in [2.24, 2.45) is 23.7 Å². The molecule has 1 heterocycles. The van der Waals surface area contributed by atoms with Crippen LogP contribution in [0.4, 0.5) is 0 Å². The second-order valence-electron chi connectivity index (χ2n) is 7.16. The molecule has 112 valence electrons. The van der Waals surface area contributed by atoms with Crippen LogP contribution in [-0.4, -0.2) is 48.8 Å². The van der Waals surface area contributed by atoms with Crippen LogP contribution in [-0.2, 0) is 0 Å². The summed E-state index contributed by atoms with van der Waals surface area (Å²) in [6, 6.07) is 0.671. The Labute approximate surface area is 118 Å². The fourth-order valence-electron chi connectivity index (χ4n) is 4.27. The SMILES string of the molecule is CNC1CC(C)CC(C)C1CN1CCC(C(C)O)C1. The first-order chi connectivity index (χ1) is 9.01. The molecule has 6 atom stereocenters. The number of hydrogen-bond donors (Lipinski definition) is 2. The molecule has 0 aromatic carbocycles. The van der Waals surface area contributed by atoms with Crippen molar-refractivity contribution in [1.29, 1.82) is 0 Å². The molecular weight excluding hydrogens is 236 g/mol. The maximum absolute atomic E-state index is 9.72. The first-order valence-electron chi connectivity index (χ1n) is 8.09. The van der Waals surface area contributed by atoms with Gasteiger partial charge in [0.1, 0.15) is 0 Å². The quantitative estimate of drug-likeness (QED) is 0.818. The number of likely N-dealkylation sites (tertiary alicyclic amines) is 1. The zero-order valence-electron chi connectivity index (χ0n) is 13.1. The van der Waals surface area contributed by atoms with Crippen molar-refractivity contribution in [2.45, 2.75) is 52.2 Å². The molecule has 19 heavy (non-hydrogen) atoms. The summed E-state index contributed by atoms with van der Waals surface area (Å²) in [5, 5.41) is 13.3. The van der Waals surface area contributed by atoms with Crippen LogP contribution in [0.3, 0.4) is 0 Å². The van der Waals surface area contributed by atoms with Crippen LogP contribution in [0.1, 0.15) is 40.0 Å². The van der Waals surface area contributed by atoms with Gasteiger partial charge in [-0.1, -0.05) is 13.8 Å². The Morgan fingerprint density at radius 2 is 2.05 bits per heavy atom. The predicted molar refractivity (Wildman–Crippen MR) is 80.1 cm³/mol. The number of aliphatic hydroxyl groups excluding tert-OH is 1. The largest absolute Gasteiger partial charge is 0.393 e. The van der Waals surface area contributed by atoms with Crippen LogP contribution in [0, 0.1) is 23.7 Å². The summed E-state index contributed by atoms with van der Waals surface area (Å²) in [6.07, 6.45) is 3.71. The van der Waals surface area contributed by atoms with E-state index in [1.165, 1.54) is 32.4 Å². The molecule has 1 saturated heterocycles. The summed E-state index contributed by atoms with van der Waals surface area (Å²) in [7, 11) is 2.12. The highest BCUT2D eigenvalue weighted by Gasteiger charge is 2.36. The molecule has 1 saturated carbocycles. The van der Waals surface area contributed by atoms with Gasteiger partial charge in [-0.25, -0.2) is 0 Å². The molecule has 6 unspecified atom stereocenters. The third kappa shape index (κ3) is 3.71. The maximum atomic E-state index is 9.72. The standard InChI is InChI=1S/C16H32N2O/c1-11-7-12(2)15(16(8-11)17-4)10-18-6-5-14(9-18)13(3)19/h11-17,19H,5-10H2,1-4H3. The molecule has 0 bridgehead atoms. The molecule has 3 nitrogen and oxygen atoms in total. The lowest BCUT2D eigenvalue weighted by molar-refractivity contribution is 0.0999. The molecule has 2 rings (SSSR count). The van der Waals surface area contributed by atoms with Crippen molar-refractivity contribution in [3.05, 3.63) is 0 Å². The molecule has 1 aliphatic carbocycles. The van der Waals surface area contributed by atoms with Gasteiger partial charge in [-0.15, -0.1) is 0 Å². The normalized spacial score (nSPS) is 42.5. The molecule has 2 N–H and O–H groups in total. The highest BCUT2D eigenvalue weighted by atomic mass is 16.3. The molecule has 0 radical (unpaired) electrons. The van der Waals surface area contributed by atoms with E-state index in [2.05, 4.69) is 31.1 Å². The smallest absolute Gasteiger partial charge is 0.0552 e. The van der Waals surface area contributed by atoms with E-state index in [0.29, 0.717) is 12.0 Å². The Balaban J connectivity index is 1.90. The second kappa shape index (κ2) is 6.55. The minimum atomic E-state index is -0.145. The van der Waals surface area contributed by atoms with E-state index in [4.69, 9.17) is 0 Å². The third-order valence-electron chi connectivity index (χ3n) is 5.51. The zero-order chi connectivity index (χ0) is 14.0. The fraction of sp³-hybridized carbons (Fsp3) is 1.00. The van der Waals surface area contributed by atoms with E-state index in [0.717, 1.165) is 24.3 Å². The van der Waals surface area contributed by atoms with Gasteiger partial charge in [0.2, 0.25) is 0 Å². The van der Waals surface area contributed by atoms with Crippen LogP contribution in [0.25, 0.3) is 0 Å². The molecule has 2 aliphatic rings. The molecular formula is C16H32N2O. The Kier molecular flexibility index (Phi) is 5.27. The summed E-state index contributed by atoms with van der Waals surface area (Å²) >= 11 is 0. The number of rotatable bonds is 4. The van der Waals surface area contributed by atoms with Gasteiger partial charge in [0.15, 0.2) is 0 Å². The predicted octanol–water partition coefficient (Wildman–Crippen LogP) is 1.96. The minimum Gasteiger partial charge on any atom is -0.393 e. The van der Waals surface area contributed by atoms with Crippen LogP contribution < -0.4 is 5.32 Å². The highest BCUT2D eigenvalue weighted by Crippen LogP contribution is 2.35. The van der Waals surface area contributed by atoms with Crippen molar-refractivity contribution in [3.63, 3.8) is 0 Å². The van der Waals surface area contributed by atoms with Crippen molar-refractivity contribution < 1.29 is 5.11 Å².